The molecule has 3 rings (SSSR count). The monoisotopic (exact) mass is 457 g/mol. The van der Waals surface area contributed by atoms with Gasteiger partial charge in [-0.25, -0.2) is 9.97 Å². The van der Waals surface area contributed by atoms with Crippen LogP contribution in [0.25, 0.3) is 11.0 Å². The van der Waals surface area contributed by atoms with E-state index in [4.69, 9.17) is 4.98 Å². The van der Waals surface area contributed by atoms with Gasteiger partial charge in [0.2, 0.25) is 0 Å². The number of thioether (sulfide) groups is 1. The summed E-state index contributed by atoms with van der Waals surface area (Å²) in [5.41, 5.74) is 6.42. The van der Waals surface area contributed by atoms with Crippen LogP contribution in [0.15, 0.2) is 22.2 Å². The van der Waals surface area contributed by atoms with E-state index in [9.17, 15) is 9.90 Å². The van der Waals surface area contributed by atoms with E-state index < -0.39 is 14.2 Å². The molecule has 0 amide bonds. The number of hydrogen-bond acceptors (Lipinski definition) is 5. The van der Waals surface area contributed by atoms with Crippen LogP contribution in [-0.2, 0) is 0 Å². The Morgan fingerprint density at radius 2 is 1.81 bits per heavy atom. The Labute approximate surface area is 191 Å². The maximum atomic E-state index is 13.2. The molecule has 2 heterocycles. The minimum Gasteiger partial charge on any atom is -0.391 e. The molecule has 0 aliphatic heterocycles. The smallest absolute Gasteiger partial charge is 0.253 e. The lowest BCUT2D eigenvalue weighted by Gasteiger charge is -2.38. The molecule has 31 heavy (non-hydrogen) atoms. The van der Waals surface area contributed by atoms with Crippen LogP contribution >= 0.6 is 11.8 Å². The van der Waals surface area contributed by atoms with Gasteiger partial charge < -0.3 is 5.11 Å². The number of hydrogen-bond donors (Lipinski definition) is 1. The highest BCUT2D eigenvalue weighted by Gasteiger charge is 2.41. The molecular formula is C24H35N3O2SSi. The number of pyridine rings is 1. The van der Waals surface area contributed by atoms with Gasteiger partial charge in [-0.3, -0.25) is 9.36 Å². The Hall–Kier alpha value is -1.62. The molecular weight excluding hydrogens is 422 g/mol. The summed E-state index contributed by atoms with van der Waals surface area (Å²) in [5.74, 6) is 3.43. The summed E-state index contributed by atoms with van der Waals surface area (Å²) in [6.07, 6.45) is 5.60. The molecule has 5 nitrogen and oxygen atoms in total. The first-order valence-corrected chi connectivity index (χ1v) is 14.8. The summed E-state index contributed by atoms with van der Waals surface area (Å²) in [6, 6.07) is 1.39. The van der Waals surface area contributed by atoms with E-state index in [1.54, 1.807) is 16.8 Å². The van der Waals surface area contributed by atoms with Crippen LogP contribution in [-0.4, -0.2) is 40.1 Å². The minimum atomic E-state index is -1.94. The Morgan fingerprint density at radius 1 is 1.16 bits per heavy atom. The molecule has 0 spiro atoms. The maximum absolute atomic E-state index is 13.2. The molecule has 168 valence electrons. The molecule has 1 saturated carbocycles. The fraction of sp³-hybridized carbons (Fsp3) is 0.625. The highest BCUT2D eigenvalue weighted by Crippen LogP contribution is 2.41. The summed E-state index contributed by atoms with van der Waals surface area (Å²) in [4.78, 5) is 22.4. The second-order valence-electron chi connectivity index (χ2n) is 9.57. The topological polar surface area (TPSA) is 68.0 Å². The van der Waals surface area contributed by atoms with Gasteiger partial charge in [-0.1, -0.05) is 59.2 Å². The van der Waals surface area contributed by atoms with Gasteiger partial charge in [0.15, 0.2) is 5.16 Å². The van der Waals surface area contributed by atoms with Crippen LogP contribution in [0.1, 0.15) is 72.4 Å². The van der Waals surface area contributed by atoms with Crippen molar-refractivity contribution in [3.05, 3.63) is 28.2 Å². The molecule has 2 unspecified atom stereocenters. The van der Waals surface area contributed by atoms with Crippen molar-refractivity contribution in [2.45, 2.75) is 94.7 Å². The zero-order valence-corrected chi connectivity index (χ0v) is 21.6. The number of fused-ring (bicyclic) bond motifs is 1. The van der Waals surface area contributed by atoms with Crippen molar-refractivity contribution < 1.29 is 5.11 Å². The van der Waals surface area contributed by atoms with Crippen molar-refractivity contribution in [2.24, 2.45) is 0 Å². The molecule has 0 radical (unpaired) electrons. The zero-order valence-electron chi connectivity index (χ0n) is 19.8. The van der Waals surface area contributed by atoms with Crippen molar-refractivity contribution >= 4 is 30.9 Å². The molecule has 2 aromatic rings. The van der Waals surface area contributed by atoms with E-state index in [0.717, 1.165) is 18.2 Å². The fourth-order valence-electron chi connectivity index (χ4n) is 5.46. The van der Waals surface area contributed by atoms with E-state index in [0.29, 0.717) is 39.4 Å². The van der Waals surface area contributed by atoms with Crippen LogP contribution in [0.3, 0.4) is 0 Å². The average molecular weight is 458 g/mol. The third-order valence-corrected chi connectivity index (χ3v) is 13.9. The van der Waals surface area contributed by atoms with E-state index in [-0.39, 0.29) is 11.6 Å². The van der Waals surface area contributed by atoms with Crippen molar-refractivity contribution in [3.8, 4) is 11.5 Å². The first-order valence-electron chi connectivity index (χ1n) is 11.3. The van der Waals surface area contributed by atoms with E-state index in [1.807, 2.05) is 6.26 Å². The van der Waals surface area contributed by atoms with Crippen LogP contribution in [0.2, 0.25) is 16.6 Å². The fourth-order valence-corrected chi connectivity index (χ4v) is 11.0. The van der Waals surface area contributed by atoms with Crippen molar-refractivity contribution in [2.75, 3.05) is 6.26 Å². The molecule has 2 aromatic heterocycles. The van der Waals surface area contributed by atoms with Gasteiger partial charge in [0.25, 0.3) is 5.56 Å². The van der Waals surface area contributed by atoms with Gasteiger partial charge in [-0.2, -0.15) is 0 Å². The molecule has 2 atom stereocenters. The van der Waals surface area contributed by atoms with Crippen LogP contribution in [0, 0.1) is 11.5 Å². The Bertz CT molecular complexity index is 1050. The summed E-state index contributed by atoms with van der Waals surface area (Å²) in [6.45, 7) is 13.7. The number of aromatic nitrogens is 3. The summed E-state index contributed by atoms with van der Waals surface area (Å²) in [7, 11) is -1.94. The lowest BCUT2D eigenvalue weighted by atomic mass is 10.1. The number of aliphatic hydroxyl groups excluding tert-OH is 1. The van der Waals surface area contributed by atoms with Crippen molar-refractivity contribution in [1.29, 1.82) is 0 Å². The van der Waals surface area contributed by atoms with Gasteiger partial charge in [0.05, 0.1) is 17.5 Å². The minimum absolute atomic E-state index is 0.139. The Kier molecular flexibility index (Phi) is 7.34. The lowest BCUT2D eigenvalue weighted by molar-refractivity contribution is 0.136. The summed E-state index contributed by atoms with van der Waals surface area (Å²) >= 11 is 1.45. The zero-order chi connectivity index (χ0) is 22.9. The molecule has 0 saturated heterocycles. The molecule has 1 N–H and O–H groups in total. The van der Waals surface area contributed by atoms with E-state index >= 15 is 0 Å². The van der Waals surface area contributed by atoms with Crippen molar-refractivity contribution in [1.82, 2.24) is 14.5 Å². The van der Waals surface area contributed by atoms with Crippen LogP contribution in [0.5, 0.6) is 0 Å². The third-order valence-electron chi connectivity index (χ3n) is 7.01. The standard InChI is InChI=1S/C24H35N3O2SSi/c1-15(2)31(16(3)4,17(5)6)12-11-18-13-22(29)27(20-9-8-10-21(20)28)23-19(18)14-25-24(26-23)30-7/h13-17,20-21,28H,8-10H2,1-7H3. The predicted molar refractivity (Wildman–Crippen MR) is 132 cm³/mol. The van der Waals surface area contributed by atoms with Gasteiger partial charge in [0, 0.05) is 17.8 Å². The van der Waals surface area contributed by atoms with Gasteiger partial charge in [-0.05, 0) is 42.1 Å². The normalized spacial score (nSPS) is 19.5. The van der Waals surface area contributed by atoms with E-state index in [1.165, 1.54) is 11.8 Å². The summed E-state index contributed by atoms with van der Waals surface area (Å²) < 4.78 is 1.68. The van der Waals surface area contributed by atoms with Gasteiger partial charge in [-0.15, -0.1) is 5.54 Å². The highest BCUT2D eigenvalue weighted by molar-refractivity contribution is 7.98. The second kappa shape index (κ2) is 9.48. The third kappa shape index (κ3) is 4.35. The van der Waals surface area contributed by atoms with Crippen LogP contribution < -0.4 is 5.56 Å². The van der Waals surface area contributed by atoms with Crippen LogP contribution in [0.4, 0.5) is 0 Å². The molecule has 1 aliphatic carbocycles. The molecule has 1 aliphatic rings. The SMILES string of the molecule is CSc1ncc2c(C#C[Si](C(C)C)(C(C)C)C(C)C)cc(=O)n(C3CCCC3O)c2n1. The average Bonchev–Trinajstić information content (AvgIpc) is 3.12. The lowest BCUT2D eigenvalue weighted by Crippen LogP contribution is -2.43. The predicted octanol–water partition coefficient (Wildman–Crippen LogP) is 5.17. The van der Waals surface area contributed by atoms with Crippen molar-refractivity contribution in [3.63, 3.8) is 0 Å². The second-order valence-corrected chi connectivity index (χ2v) is 15.9. The number of aliphatic hydroxyl groups is 1. The molecule has 0 bridgehead atoms. The maximum Gasteiger partial charge on any atom is 0.253 e. The van der Waals surface area contributed by atoms with Gasteiger partial charge >= 0.3 is 0 Å². The first kappa shape index (κ1) is 24.0. The largest absolute Gasteiger partial charge is 0.391 e. The Morgan fingerprint density at radius 3 is 2.32 bits per heavy atom. The van der Waals surface area contributed by atoms with E-state index in [2.05, 4.69) is 58.0 Å². The Balaban J connectivity index is 2.27. The number of nitrogens with zero attached hydrogens (tertiary/aromatic N) is 3. The van der Waals surface area contributed by atoms with Gasteiger partial charge in [0.1, 0.15) is 13.7 Å². The molecule has 0 aromatic carbocycles. The highest BCUT2D eigenvalue weighted by atomic mass is 32.2. The quantitative estimate of drug-likeness (QED) is 0.290. The molecule has 1 fully saturated rings. The molecule has 7 heteroatoms. The number of rotatable bonds is 5. The first-order chi connectivity index (χ1) is 14.6. The summed E-state index contributed by atoms with van der Waals surface area (Å²) in [5, 5.41) is 11.9.